The van der Waals surface area contributed by atoms with Gasteiger partial charge in [-0.25, -0.2) is 0 Å². The minimum Gasteiger partial charge on any atom is -0.481 e. The largest absolute Gasteiger partial charge is 0.481 e. The molecule has 0 aromatic heterocycles. The molecule has 4 atom stereocenters. The molecule has 1 rings (SSSR count). The summed E-state index contributed by atoms with van der Waals surface area (Å²) in [4.78, 5) is 47.3. The summed E-state index contributed by atoms with van der Waals surface area (Å²) in [6.45, 7) is 5.58. The molecule has 1 N–H and O–H groups in total. The number of hydrogen-bond acceptors (Lipinski definition) is 8. The maximum Gasteiger partial charge on any atom is 0.308 e. The molecule has 0 saturated carbocycles. The molecule has 0 aromatic rings. The van der Waals surface area contributed by atoms with Gasteiger partial charge in [0.15, 0.2) is 0 Å². The Bertz CT molecular complexity index is 575. The highest BCUT2D eigenvalue weighted by Gasteiger charge is 2.47. The monoisotopic (exact) mass is 430 g/mol. The molecule has 1 fully saturated rings. The third-order valence-electron chi connectivity index (χ3n) is 4.64. The van der Waals surface area contributed by atoms with Crippen LogP contribution in [0.5, 0.6) is 0 Å². The van der Waals surface area contributed by atoms with Crippen molar-refractivity contribution in [1.29, 1.82) is 0 Å². The van der Waals surface area contributed by atoms with E-state index < -0.39 is 42.4 Å². The first kappa shape index (κ1) is 25.9. The van der Waals surface area contributed by atoms with Crippen LogP contribution in [0.1, 0.15) is 78.6 Å². The Kier molecular flexibility index (Phi) is 12.0. The van der Waals surface area contributed by atoms with Crippen molar-refractivity contribution in [3.8, 4) is 0 Å². The van der Waals surface area contributed by atoms with Crippen LogP contribution in [0.2, 0.25) is 0 Å². The standard InChI is InChI=1S/C21H34O9/c1-4-8-16(24)28-19-14(11-7-12-15(22)23)13-27-21(30-18(26)10-6-3)20(19)29-17(25)9-5-2/h14,19-21H,4-13H2,1-3H3,(H,22,23)/t14-,19+,20-,21?/m1/s1. The van der Waals surface area contributed by atoms with Crippen LogP contribution in [0.15, 0.2) is 0 Å². The fourth-order valence-electron chi connectivity index (χ4n) is 3.20. The van der Waals surface area contributed by atoms with E-state index >= 15 is 0 Å². The summed E-state index contributed by atoms with van der Waals surface area (Å²) in [6, 6.07) is 0. The van der Waals surface area contributed by atoms with Crippen molar-refractivity contribution in [3.05, 3.63) is 0 Å². The number of carboxylic acid groups (broad SMARTS) is 1. The van der Waals surface area contributed by atoms with E-state index in [0.29, 0.717) is 32.1 Å². The second-order valence-electron chi connectivity index (χ2n) is 7.40. The normalized spacial score (nSPS) is 23.4. The van der Waals surface area contributed by atoms with E-state index in [1.165, 1.54) is 0 Å². The number of ether oxygens (including phenoxy) is 4. The average Bonchev–Trinajstić information content (AvgIpc) is 2.66. The van der Waals surface area contributed by atoms with Crippen molar-refractivity contribution in [3.63, 3.8) is 0 Å². The van der Waals surface area contributed by atoms with E-state index in [9.17, 15) is 19.2 Å². The summed E-state index contributed by atoms with van der Waals surface area (Å²) < 4.78 is 22.2. The molecule has 30 heavy (non-hydrogen) atoms. The van der Waals surface area contributed by atoms with Crippen LogP contribution in [0.4, 0.5) is 0 Å². The minimum atomic E-state index is -1.18. The van der Waals surface area contributed by atoms with Crippen LogP contribution in [0.3, 0.4) is 0 Å². The lowest BCUT2D eigenvalue weighted by atomic mass is 9.90. The number of aliphatic carboxylic acids is 1. The van der Waals surface area contributed by atoms with Crippen molar-refractivity contribution < 1.29 is 43.2 Å². The predicted octanol–water partition coefficient (Wildman–Crippen LogP) is 2.98. The van der Waals surface area contributed by atoms with Gasteiger partial charge in [-0.15, -0.1) is 0 Å². The molecule has 1 unspecified atom stereocenters. The molecule has 9 heteroatoms. The van der Waals surface area contributed by atoms with E-state index in [1.807, 2.05) is 20.8 Å². The van der Waals surface area contributed by atoms with Crippen molar-refractivity contribution in [2.24, 2.45) is 5.92 Å². The molecular formula is C21H34O9. The first-order valence-electron chi connectivity index (χ1n) is 10.7. The first-order chi connectivity index (χ1) is 14.3. The fraction of sp³-hybridized carbons (Fsp3) is 0.810. The van der Waals surface area contributed by atoms with Crippen LogP contribution in [-0.2, 0) is 38.1 Å². The van der Waals surface area contributed by atoms with E-state index in [0.717, 1.165) is 0 Å². The minimum absolute atomic E-state index is 0.0403. The zero-order valence-electron chi connectivity index (χ0n) is 18.1. The molecule has 1 aliphatic heterocycles. The topological polar surface area (TPSA) is 125 Å². The number of esters is 3. The lowest BCUT2D eigenvalue weighted by molar-refractivity contribution is -0.264. The Balaban J connectivity index is 3.06. The van der Waals surface area contributed by atoms with Crippen molar-refractivity contribution >= 4 is 23.9 Å². The first-order valence-corrected chi connectivity index (χ1v) is 10.7. The van der Waals surface area contributed by atoms with Gasteiger partial charge in [0.05, 0.1) is 6.61 Å². The Hall–Kier alpha value is -2.16. The van der Waals surface area contributed by atoms with Gasteiger partial charge in [-0.2, -0.15) is 0 Å². The summed E-state index contributed by atoms with van der Waals surface area (Å²) >= 11 is 0. The molecule has 0 radical (unpaired) electrons. The SMILES string of the molecule is CCCC(=O)OC1OC[C@@H](CCCC(=O)O)[C@H](OC(=O)CCC)[C@H]1OC(=O)CCC. The summed E-state index contributed by atoms with van der Waals surface area (Å²) in [6.07, 6.45) is -0.204. The fourth-order valence-corrected chi connectivity index (χ4v) is 3.20. The second kappa shape index (κ2) is 14.0. The third kappa shape index (κ3) is 9.11. The molecule has 1 saturated heterocycles. The van der Waals surface area contributed by atoms with Gasteiger partial charge in [0.1, 0.15) is 6.10 Å². The predicted molar refractivity (Wildman–Crippen MR) is 105 cm³/mol. The molecule has 0 spiro atoms. The van der Waals surface area contributed by atoms with Gasteiger partial charge in [-0.3, -0.25) is 19.2 Å². The highest BCUT2D eigenvalue weighted by Crippen LogP contribution is 2.31. The summed E-state index contributed by atoms with van der Waals surface area (Å²) in [5, 5.41) is 8.90. The number of hydrogen-bond donors (Lipinski definition) is 1. The smallest absolute Gasteiger partial charge is 0.308 e. The number of carbonyl (C=O) groups excluding carboxylic acids is 3. The molecule has 0 amide bonds. The van der Waals surface area contributed by atoms with E-state index in [2.05, 4.69) is 0 Å². The molecular weight excluding hydrogens is 396 g/mol. The van der Waals surface area contributed by atoms with Crippen LogP contribution >= 0.6 is 0 Å². The van der Waals surface area contributed by atoms with Gasteiger partial charge < -0.3 is 24.1 Å². The molecule has 172 valence electrons. The Morgan fingerprint density at radius 1 is 0.800 bits per heavy atom. The lowest BCUT2D eigenvalue weighted by Gasteiger charge is -2.40. The van der Waals surface area contributed by atoms with E-state index in [-0.39, 0.29) is 38.2 Å². The van der Waals surface area contributed by atoms with Gasteiger partial charge in [0.2, 0.25) is 12.4 Å². The van der Waals surface area contributed by atoms with Crippen LogP contribution in [0, 0.1) is 5.92 Å². The molecule has 0 aromatic carbocycles. The van der Waals surface area contributed by atoms with Crippen LogP contribution in [-0.4, -0.2) is 54.1 Å². The molecule has 9 nitrogen and oxygen atoms in total. The van der Waals surface area contributed by atoms with Crippen molar-refractivity contribution in [2.45, 2.75) is 97.1 Å². The zero-order valence-corrected chi connectivity index (χ0v) is 18.1. The van der Waals surface area contributed by atoms with Gasteiger partial charge in [0.25, 0.3) is 0 Å². The van der Waals surface area contributed by atoms with Crippen molar-refractivity contribution in [1.82, 2.24) is 0 Å². The van der Waals surface area contributed by atoms with E-state index in [4.69, 9.17) is 24.1 Å². The van der Waals surface area contributed by atoms with Gasteiger partial charge in [-0.05, 0) is 32.1 Å². The van der Waals surface area contributed by atoms with Gasteiger partial charge >= 0.3 is 23.9 Å². The maximum absolute atomic E-state index is 12.2. The van der Waals surface area contributed by atoms with Crippen LogP contribution in [0.25, 0.3) is 0 Å². The number of carboxylic acids is 1. The third-order valence-corrected chi connectivity index (χ3v) is 4.64. The van der Waals surface area contributed by atoms with E-state index in [1.54, 1.807) is 0 Å². The van der Waals surface area contributed by atoms with Gasteiger partial charge in [0, 0.05) is 31.6 Å². The summed E-state index contributed by atoms with van der Waals surface area (Å²) in [5.41, 5.74) is 0. The highest BCUT2D eigenvalue weighted by atomic mass is 16.7. The Labute approximate surface area is 177 Å². The average molecular weight is 430 g/mol. The summed E-state index contributed by atoms with van der Waals surface area (Å²) in [5.74, 6) is -2.77. The number of rotatable bonds is 13. The summed E-state index contributed by atoms with van der Waals surface area (Å²) in [7, 11) is 0. The number of carbonyl (C=O) groups is 4. The molecule has 1 heterocycles. The molecule has 0 bridgehead atoms. The Morgan fingerprint density at radius 3 is 1.80 bits per heavy atom. The quantitative estimate of drug-likeness (QED) is 0.347. The van der Waals surface area contributed by atoms with Gasteiger partial charge in [-0.1, -0.05) is 20.8 Å². The zero-order chi connectivity index (χ0) is 22.5. The second-order valence-corrected chi connectivity index (χ2v) is 7.40. The molecule has 0 aliphatic carbocycles. The molecule has 1 aliphatic rings. The lowest BCUT2D eigenvalue weighted by Crippen LogP contribution is -2.55. The van der Waals surface area contributed by atoms with Crippen molar-refractivity contribution in [2.75, 3.05) is 6.61 Å². The highest BCUT2D eigenvalue weighted by molar-refractivity contribution is 5.71. The maximum atomic E-state index is 12.2. The van der Waals surface area contributed by atoms with Crippen LogP contribution < -0.4 is 0 Å². The Morgan fingerprint density at radius 2 is 1.30 bits per heavy atom.